The molecule has 166 valence electrons. The van der Waals surface area contributed by atoms with Crippen LogP contribution >= 0.6 is 0 Å². The molecule has 0 heterocycles. The average molecular weight is 423 g/mol. The fourth-order valence-corrected chi connectivity index (χ4v) is 5.01. The number of nitrogens with one attached hydrogen (secondary N) is 1. The third-order valence-electron chi connectivity index (χ3n) is 6.96. The zero-order chi connectivity index (χ0) is 21.7. The summed E-state index contributed by atoms with van der Waals surface area (Å²) in [5.74, 6) is 0.913. The molecule has 2 aliphatic rings. The third-order valence-corrected chi connectivity index (χ3v) is 6.96. The second-order valence-corrected chi connectivity index (χ2v) is 9.07. The molecule has 1 amide bonds. The smallest absolute Gasteiger partial charge is 0.234 e. The van der Waals surface area contributed by atoms with Crippen molar-refractivity contribution in [1.82, 2.24) is 10.2 Å². The second-order valence-electron chi connectivity index (χ2n) is 9.07. The number of benzene rings is 2. The molecule has 5 nitrogen and oxygen atoms in total. The standard InChI is InChI=1S/C26H34N2O3/c1-31-24-10-5-7-20(17-24)18-28(22-11-13-23(29)14-12-22)19-25(30)27-26(15-6-16-26)21-8-3-2-4-9-21/h2-5,7-10,17,22-23,29H,6,11-16,18-19H2,1H3,(H,27,30). The summed E-state index contributed by atoms with van der Waals surface area (Å²) in [6.45, 7) is 1.07. The molecule has 2 aromatic rings. The number of rotatable bonds is 8. The molecule has 0 radical (unpaired) electrons. The molecule has 0 atom stereocenters. The van der Waals surface area contributed by atoms with Crippen molar-refractivity contribution < 1.29 is 14.6 Å². The molecule has 2 fully saturated rings. The Bertz CT molecular complexity index is 858. The van der Waals surface area contributed by atoms with Crippen LogP contribution in [0.4, 0.5) is 0 Å². The molecule has 2 N–H and O–H groups in total. The van der Waals surface area contributed by atoms with Crippen LogP contribution in [0.15, 0.2) is 54.6 Å². The quantitative estimate of drug-likeness (QED) is 0.675. The van der Waals surface area contributed by atoms with Gasteiger partial charge in [-0.2, -0.15) is 0 Å². The maximum absolute atomic E-state index is 13.2. The molecule has 0 aliphatic heterocycles. The Morgan fingerprint density at radius 1 is 1.10 bits per heavy atom. The first kappa shape index (κ1) is 21.8. The van der Waals surface area contributed by atoms with Gasteiger partial charge in [-0.3, -0.25) is 9.69 Å². The van der Waals surface area contributed by atoms with Crippen molar-refractivity contribution in [2.75, 3.05) is 13.7 Å². The van der Waals surface area contributed by atoms with Gasteiger partial charge in [0, 0.05) is 12.6 Å². The number of nitrogens with zero attached hydrogens (tertiary/aromatic N) is 1. The van der Waals surface area contributed by atoms with Gasteiger partial charge in [0.25, 0.3) is 0 Å². The van der Waals surface area contributed by atoms with Crippen LogP contribution in [-0.4, -0.2) is 41.7 Å². The van der Waals surface area contributed by atoms with Crippen LogP contribution in [-0.2, 0) is 16.9 Å². The Morgan fingerprint density at radius 2 is 1.84 bits per heavy atom. The Kier molecular flexibility index (Phi) is 6.93. The summed E-state index contributed by atoms with van der Waals surface area (Å²) in [6.07, 6.45) is 6.36. The van der Waals surface area contributed by atoms with E-state index in [0.717, 1.165) is 56.3 Å². The Morgan fingerprint density at radius 3 is 2.48 bits per heavy atom. The fourth-order valence-electron chi connectivity index (χ4n) is 5.01. The van der Waals surface area contributed by atoms with E-state index in [2.05, 4.69) is 28.4 Å². The lowest BCUT2D eigenvalue weighted by Gasteiger charge is -2.44. The number of amides is 1. The number of methoxy groups -OCH3 is 1. The molecular weight excluding hydrogens is 388 g/mol. The zero-order valence-electron chi connectivity index (χ0n) is 18.4. The number of aliphatic hydroxyl groups excluding tert-OH is 1. The van der Waals surface area contributed by atoms with Crippen LogP contribution in [0.3, 0.4) is 0 Å². The minimum absolute atomic E-state index is 0.0811. The molecular formula is C26H34N2O3. The van der Waals surface area contributed by atoms with Gasteiger partial charge in [0.1, 0.15) is 5.75 Å². The normalized spacial score (nSPS) is 22.5. The maximum Gasteiger partial charge on any atom is 0.234 e. The van der Waals surface area contributed by atoms with E-state index in [4.69, 9.17) is 4.74 Å². The summed E-state index contributed by atoms with van der Waals surface area (Å²) < 4.78 is 5.38. The van der Waals surface area contributed by atoms with Crippen molar-refractivity contribution in [3.63, 3.8) is 0 Å². The van der Waals surface area contributed by atoms with Crippen molar-refractivity contribution in [2.45, 2.75) is 69.2 Å². The van der Waals surface area contributed by atoms with Gasteiger partial charge in [-0.05, 0) is 68.2 Å². The molecule has 4 rings (SSSR count). The van der Waals surface area contributed by atoms with E-state index in [9.17, 15) is 9.90 Å². The Hall–Kier alpha value is -2.37. The highest BCUT2D eigenvalue weighted by molar-refractivity contribution is 5.79. The molecule has 0 unspecified atom stereocenters. The van der Waals surface area contributed by atoms with Crippen molar-refractivity contribution in [2.24, 2.45) is 0 Å². The summed E-state index contributed by atoms with van der Waals surface area (Å²) >= 11 is 0. The largest absolute Gasteiger partial charge is 0.497 e. The number of hydrogen-bond acceptors (Lipinski definition) is 4. The van der Waals surface area contributed by atoms with E-state index >= 15 is 0 Å². The van der Waals surface area contributed by atoms with E-state index < -0.39 is 0 Å². The predicted molar refractivity (Wildman–Crippen MR) is 122 cm³/mol. The summed E-state index contributed by atoms with van der Waals surface area (Å²) in [5.41, 5.74) is 2.12. The van der Waals surface area contributed by atoms with Crippen LogP contribution in [0.1, 0.15) is 56.1 Å². The van der Waals surface area contributed by atoms with Crippen LogP contribution in [0, 0.1) is 0 Å². The molecule has 2 aliphatic carbocycles. The van der Waals surface area contributed by atoms with E-state index in [1.54, 1.807) is 7.11 Å². The number of carbonyl (C=O) groups excluding carboxylic acids is 1. The van der Waals surface area contributed by atoms with E-state index in [0.29, 0.717) is 19.1 Å². The molecule has 31 heavy (non-hydrogen) atoms. The van der Waals surface area contributed by atoms with E-state index in [1.165, 1.54) is 5.56 Å². The molecule has 0 spiro atoms. The highest BCUT2D eigenvalue weighted by Crippen LogP contribution is 2.41. The van der Waals surface area contributed by atoms with Crippen LogP contribution in [0.5, 0.6) is 5.75 Å². The monoisotopic (exact) mass is 422 g/mol. The van der Waals surface area contributed by atoms with Crippen molar-refractivity contribution in [1.29, 1.82) is 0 Å². The van der Waals surface area contributed by atoms with Gasteiger partial charge in [-0.25, -0.2) is 0 Å². The highest BCUT2D eigenvalue weighted by atomic mass is 16.5. The minimum atomic E-state index is -0.220. The number of carbonyl (C=O) groups is 1. The lowest BCUT2D eigenvalue weighted by Crippen LogP contribution is -2.54. The lowest BCUT2D eigenvalue weighted by atomic mass is 9.72. The molecule has 0 saturated heterocycles. The van der Waals surface area contributed by atoms with Gasteiger partial charge >= 0.3 is 0 Å². The summed E-state index contributed by atoms with van der Waals surface area (Å²) in [6, 6.07) is 18.7. The Labute approximate surface area is 185 Å². The molecule has 2 saturated carbocycles. The molecule has 2 aromatic carbocycles. The first-order valence-electron chi connectivity index (χ1n) is 11.5. The van der Waals surface area contributed by atoms with Gasteiger partial charge in [0.05, 0.1) is 25.3 Å². The number of ether oxygens (including phenoxy) is 1. The third kappa shape index (κ3) is 5.28. The van der Waals surface area contributed by atoms with Crippen molar-refractivity contribution in [3.8, 4) is 5.75 Å². The molecule has 0 bridgehead atoms. The van der Waals surface area contributed by atoms with Gasteiger partial charge in [0.2, 0.25) is 5.91 Å². The summed E-state index contributed by atoms with van der Waals surface area (Å²) in [4.78, 5) is 15.5. The van der Waals surface area contributed by atoms with E-state index in [1.807, 2.05) is 36.4 Å². The highest BCUT2D eigenvalue weighted by Gasteiger charge is 2.40. The van der Waals surface area contributed by atoms with Gasteiger partial charge in [-0.1, -0.05) is 42.5 Å². The summed E-state index contributed by atoms with van der Waals surface area (Å²) in [5, 5.41) is 13.3. The topological polar surface area (TPSA) is 61.8 Å². The number of hydrogen-bond donors (Lipinski definition) is 2. The van der Waals surface area contributed by atoms with E-state index in [-0.39, 0.29) is 17.6 Å². The summed E-state index contributed by atoms with van der Waals surface area (Å²) in [7, 11) is 1.68. The number of aliphatic hydroxyl groups is 1. The fraction of sp³-hybridized carbons (Fsp3) is 0.500. The zero-order valence-corrected chi connectivity index (χ0v) is 18.4. The molecule has 5 heteroatoms. The Balaban J connectivity index is 1.47. The van der Waals surface area contributed by atoms with Crippen LogP contribution in [0.2, 0.25) is 0 Å². The predicted octanol–water partition coefficient (Wildman–Crippen LogP) is 4.00. The first-order valence-corrected chi connectivity index (χ1v) is 11.5. The van der Waals surface area contributed by atoms with Crippen LogP contribution < -0.4 is 10.1 Å². The second kappa shape index (κ2) is 9.84. The van der Waals surface area contributed by atoms with Crippen molar-refractivity contribution in [3.05, 3.63) is 65.7 Å². The first-order chi connectivity index (χ1) is 15.1. The van der Waals surface area contributed by atoms with Gasteiger partial charge in [-0.15, -0.1) is 0 Å². The lowest BCUT2D eigenvalue weighted by molar-refractivity contribution is -0.126. The van der Waals surface area contributed by atoms with Gasteiger partial charge in [0.15, 0.2) is 0 Å². The average Bonchev–Trinajstić information content (AvgIpc) is 2.77. The van der Waals surface area contributed by atoms with Crippen molar-refractivity contribution >= 4 is 5.91 Å². The minimum Gasteiger partial charge on any atom is -0.497 e. The SMILES string of the molecule is COc1cccc(CN(CC(=O)NC2(c3ccccc3)CCC2)C2CCC(O)CC2)c1. The molecule has 0 aromatic heterocycles. The van der Waals surface area contributed by atoms with Crippen LogP contribution in [0.25, 0.3) is 0 Å². The maximum atomic E-state index is 13.2. The van der Waals surface area contributed by atoms with Gasteiger partial charge < -0.3 is 15.2 Å².